The van der Waals surface area contributed by atoms with Gasteiger partial charge in [0.2, 0.25) is 0 Å². The van der Waals surface area contributed by atoms with E-state index in [1.54, 1.807) is 36.4 Å². The van der Waals surface area contributed by atoms with E-state index in [4.69, 9.17) is 27.2 Å². The van der Waals surface area contributed by atoms with E-state index in [9.17, 15) is 0 Å². The number of benzene rings is 1. The highest BCUT2D eigenvalue weighted by Crippen LogP contribution is 2.13. The van der Waals surface area contributed by atoms with E-state index in [0.717, 1.165) is 0 Å². The van der Waals surface area contributed by atoms with Gasteiger partial charge in [-0.15, -0.1) is 0 Å². The maximum Gasteiger partial charge on any atom is 0.177 e. The molecule has 4 nitrogen and oxygen atoms in total. The van der Waals surface area contributed by atoms with Gasteiger partial charge in [0, 0.05) is 16.9 Å². The van der Waals surface area contributed by atoms with Gasteiger partial charge in [-0.2, -0.15) is 10.5 Å². The molecule has 1 rings (SSSR count). The predicted molar refractivity (Wildman–Crippen MR) is 60.4 cm³/mol. The fourth-order valence-electron chi connectivity index (χ4n) is 0.949. The van der Waals surface area contributed by atoms with Gasteiger partial charge < -0.3 is 10.4 Å². The molecule has 0 saturated carbocycles. The number of nitrogens with zero attached hydrogens (tertiary/aromatic N) is 2. The van der Waals surface area contributed by atoms with E-state index in [2.05, 4.69) is 5.32 Å². The van der Waals surface area contributed by atoms with Crippen LogP contribution in [0.15, 0.2) is 36.0 Å². The highest BCUT2D eigenvalue weighted by atomic mass is 35.5. The summed E-state index contributed by atoms with van der Waals surface area (Å²) in [4.78, 5) is 0. The molecular formula is C11H8ClN3O. The summed E-state index contributed by atoms with van der Waals surface area (Å²) < 4.78 is 0. The average molecular weight is 234 g/mol. The van der Waals surface area contributed by atoms with Crippen LogP contribution < -0.4 is 5.32 Å². The zero-order chi connectivity index (χ0) is 12.0. The quantitative estimate of drug-likeness (QED) is 0.619. The molecule has 5 heteroatoms. The van der Waals surface area contributed by atoms with Crippen LogP contribution in [0.25, 0.3) is 0 Å². The third-order valence-electron chi connectivity index (χ3n) is 1.78. The molecule has 80 valence electrons. The summed E-state index contributed by atoms with van der Waals surface area (Å²) in [5, 5.41) is 29.6. The van der Waals surface area contributed by atoms with E-state index in [-0.39, 0.29) is 5.57 Å². The minimum atomic E-state index is -1.41. The van der Waals surface area contributed by atoms with Gasteiger partial charge in [0.1, 0.15) is 6.07 Å². The Morgan fingerprint density at radius 1 is 1.38 bits per heavy atom. The summed E-state index contributed by atoms with van der Waals surface area (Å²) in [7, 11) is 0. The molecule has 0 aliphatic heterocycles. The van der Waals surface area contributed by atoms with Crippen molar-refractivity contribution in [1.82, 2.24) is 0 Å². The molecule has 0 heterocycles. The van der Waals surface area contributed by atoms with Crippen molar-refractivity contribution in [1.29, 1.82) is 10.5 Å². The fourth-order valence-corrected chi connectivity index (χ4v) is 1.08. The van der Waals surface area contributed by atoms with Crippen LogP contribution in [0.2, 0.25) is 5.02 Å². The molecule has 0 fully saturated rings. The summed E-state index contributed by atoms with van der Waals surface area (Å²) in [6.45, 7) is 0. The first kappa shape index (κ1) is 12.1. The monoisotopic (exact) mass is 233 g/mol. The van der Waals surface area contributed by atoms with E-state index in [1.165, 1.54) is 6.20 Å². The van der Waals surface area contributed by atoms with Gasteiger partial charge in [-0.1, -0.05) is 11.6 Å². The van der Waals surface area contributed by atoms with Gasteiger partial charge in [-0.3, -0.25) is 0 Å². The van der Waals surface area contributed by atoms with E-state index >= 15 is 0 Å². The lowest BCUT2D eigenvalue weighted by molar-refractivity contribution is 0.270. The fraction of sp³-hybridized carbons (Fsp3) is 0.0909. The van der Waals surface area contributed by atoms with Gasteiger partial charge in [0.05, 0.1) is 11.6 Å². The molecule has 0 aliphatic rings. The van der Waals surface area contributed by atoms with Gasteiger partial charge in [-0.25, -0.2) is 0 Å². The van der Waals surface area contributed by atoms with Crippen molar-refractivity contribution in [3.8, 4) is 12.1 Å². The van der Waals surface area contributed by atoms with Crippen molar-refractivity contribution in [3.63, 3.8) is 0 Å². The highest BCUT2D eigenvalue weighted by Gasteiger charge is 2.07. The van der Waals surface area contributed by atoms with Crippen LogP contribution in [-0.2, 0) is 0 Å². The Labute approximate surface area is 98.0 Å². The smallest absolute Gasteiger partial charge is 0.177 e. The van der Waals surface area contributed by atoms with E-state index in [0.29, 0.717) is 10.7 Å². The van der Waals surface area contributed by atoms with Crippen LogP contribution in [0, 0.1) is 22.7 Å². The Bertz CT molecular complexity index is 467. The minimum Gasteiger partial charge on any atom is -0.373 e. The number of aliphatic hydroxyl groups excluding tert-OH is 1. The molecule has 0 bridgehead atoms. The first-order chi connectivity index (χ1) is 7.67. The maximum absolute atomic E-state index is 9.13. The molecule has 0 aromatic heterocycles. The lowest BCUT2D eigenvalue weighted by Gasteiger charge is -2.03. The molecule has 2 N–H and O–H groups in total. The number of anilines is 1. The molecule has 0 radical (unpaired) electrons. The molecule has 1 aromatic rings. The number of nitrogens with one attached hydrogen (secondary N) is 1. The van der Waals surface area contributed by atoms with Crippen LogP contribution in [0.5, 0.6) is 0 Å². The number of halogens is 1. The molecule has 0 spiro atoms. The van der Waals surface area contributed by atoms with Crippen molar-refractivity contribution in [2.24, 2.45) is 0 Å². The molecule has 16 heavy (non-hydrogen) atoms. The number of hydrogen-bond donors (Lipinski definition) is 2. The Balaban J connectivity index is 2.76. The molecule has 0 unspecified atom stereocenters. The normalized spacial score (nSPS) is 12.4. The molecule has 0 saturated heterocycles. The van der Waals surface area contributed by atoms with Crippen LogP contribution in [0.1, 0.15) is 0 Å². The second-order valence-electron chi connectivity index (χ2n) is 2.89. The number of rotatable bonds is 3. The molecule has 1 aromatic carbocycles. The number of hydrogen-bond acceptors (Lipinski definition) is 4. The van der Waals surface area contributed by atoms with Gasteiger partial charge in [0.25, 0.3) is 0 Å². The third kappa shape index (κ3) is 3.29. The lowest BCUT2D eigenvalue weighted by Crippen LogP contribution is -2.07. The largest absolute Gasteiger partial charge is 0.373 e. The summed E-state index contributed by atoms with van der Waals surface area (Å²) in [6, 6.07) is 10.1. The van der Waals surface area contributed by atoms with Crippen LogP contribution in [-0.4, -0.2) is 11.2 Å². The number of aliphatic hydroxyl groups is 1. The maximum atomic E-state index is 9.13. The summed E-state index contributed by atoms with van der Waals surface area (Å²) in [6.07, 6.45) is -0.123. The topological polar surface area (TPSA) is 79.8 Å². The van der Waals surface area contributed by atoms with Crippen molar-refractivity contribution < 1.29 is 5.11 Å². The van der Waals surface area contributed by atoms with Gasteiger partial charge in [-0.05, 0) is 24.3 Å². The van der Waals surface area contributed by atoms with Crippen LogP contribution in [0.4, 0.5) is 5.69 Å². The van der Waals surface area contributed by atoms with E-state index in [1.807, 2.05) is 0 Å². The first-order valence-electron chi connectivity index (χ1n) is 4.37. The van der Waals surface area contributed by atoms with Gasteiger partial charge in [0.15, 0.2) is 6.10 Å². The average Bonchev–Trinajstić information content (AvgIpc) is 2.31. The SMILES string of the molecule is N#C/C(=C\Nc1ccc(Cl)cc1)[C@H](O)C#N. The van der Waals surface area contributed by atoms with Crippen molar-refractivity contribution in [2.75, 3.05) is 5.32 Å². The van der Waals surface area contributed by atoms with Crippen LogP contribution >= 0.6 is 11.6 Å². The van der Waals surface area contributed by atoms with Crippen molar-refractivity contribution >= 4 is 17.3 Å². The van der Waals surface area contributed by atoms with Crippen LogP contribution in [0.3, 0.4) is 0 Å². The summed E-state index contributed by atoms with van der Waals surface area (Å²) in [5.41, 5.74) is 0.666. The number of nitriles is 2. The van der Waals surface area contributed by atoms with E-state index < -0.39 is 6.10 Å². The van der Waals surface area contributed by atoms with Crippen molar-refractivity contribution in [2.45, 2.75) is 6.10 Å². The molecule has 1 atom stereocenters. The lowest BCUT2D eigenvalue weighted by atomic mass is 10.2. The zero-order valence-corrected chi connectivity index (χ0v) is 8.94. The minimum absolute atomic E-state index is 0.0440. The molecular weight excluding hydrogens is 226 g/mol. The molecule has 0 aliphatic carbocycles. The predicted octanol–water partition coefficient (Wildman–Crippen LogP) is 2.04. The van der Waals surface area contributed by atoms with Gasteiger partial charge >= 0.3 is 0 Å². The Kier molecular flexibility index (Phi) is 4.35. The Hall–Kier alpha value is -2.01. The molecule has 0 amide bonds. The Morgan fingerprint density at radius 3 is 2.50 bits per heavy atom. The third-order valence-corrected chi connectivity index (χ3v) is 2.04. The summed E-state index contributed by atoms with van der Waals surface area (Å²) >= 11 is 5.70. The Morgan fingerprint density at radius 2 is 2.00 bits per heavy atom. The highest BCUT2D eigenvalue weighted by molar-refractivity contribution is 6.30. The standard InChI is InChI=1S/C11H8ClN3O/c12-9-1-3-10(4-2-9)15-7-8(5-13)11(16)6-14/h1-4,7,11,15-16H/b8-7+/t11-/m1/s1. The van der Waals surface area contributed by atoms with Crippen molar-refractivity contribution in [3.05, 3.63) is 41.1 Å². The second kappa shape index (κ2) is 5.77. The first-order valence-corrected chi connectivity index (χ1v) is 4.75. The summed E-state index contributed by atoms with van der Waals surface area (Å²) in [5.74, 6) is 0. The second-order valence-corrected chi connectivity index (χ2v) is 3.33. The zero-order valence-electron chi connectivity index (χ0n) is 8.18.